The first-order valence-electron chi connectivity index (χ1n) is 7.75. The van der Waals surface area contributed by atoms with Gasteiger partial charge in [0.1, 0.15) is 0 Å². The highest BCUT2D eigenvalue weighted by atomic mass is 35.5. The van der Waals surface area contributed by atoms with E-state index in [1.54, 1.807) is 7.11 Å². The molecule has 0 aromatic rings. The summed E-state index contributed by atoms with van der Waals surface area (Å²) < 4.78 is 28.5. The molecule has 2 fully saturated rings. The van der Waals surface area contributed by atoms with Gasteiger partial charge in [0.15, 0.2) is 9.84 Å². The normalized spacial score (nSPS) is 25.9. The van der Waals surface area contributed by atoms with Gasteiger partial charge >= 0.3 is 0 Å². The molecular weight excluding hydrogens is 312 g/mol. The highest BCUT2D eigenvalue weighted by Crippen LogP contribution is 2.22. The fraction of sp³-hybridized carbons (Fsp3) is 1.00. The Bertz CT molecular complexity index is 386. The fourth-order valence-corrected chi connectivity index (χ4v) is 5.06. The zero-order valence-electron chi connectivity index (χ0n) is 12.9. The topological polar surface area (TPSA) is 58.6 Å². The number of hydrogen-bond acceptors (Lipinski definition) is 5. The van der Waals surface area contributed by atoms with Gasteiger partial charge in [-0.2, -0.15) is 0 Å². The minimum absolute atomic E-state index is 0. The van der Waals surface area contributed by atoms with Crippen LogP contribution < -0.4 is 5.32 Å². The van der Waals surface area contributed by atoms with Crippen molar-refractivity contribution < 1.29 is 13.2 Å². The quantitative estimate of drug-likeness (QED) is 0.699. The van der Waals surface area contributed by atoms with Gasteiger partial charge in [0.25, 0.3) is 0 Å². The number of ether oxygens (including phenoxy) is 1. The van der Waals surface area contributed by atoms with E-state index < -0.39 is 9.84 Å². The van der Waals surface area contributed by atoms with Crippen LogP contribution in [0.25, 0.3) is 0 Å². The van der Waals surface area contributed by atoms with Crippen LogP contribution in [0, 0.1) is 5.92 Å². The monoisotopic (exact) mass is 340 g/mol. The molecule has 1 atom stereocenters. The second kappa shape index (κ2) is 9.30. The van der Waals surface area contributed by atoms with E-state index in [9.17, 15) is 8.42 Å². The molecule has 0 spiro atoms. The third-order valence-corrected chi connectivity index (χ3v) is 6.22. The first-order chi connectivity index (χ1) is 9.61. The van der Waals surface area contributed by atoms with Crippen LogP contribution in [0.5, 0.6) is 0 Å². The predicted octanol–water partition coefficient (Wildman–Crippen LogP) is 0.933. The highest BCUT2D eigenvalue weighted by molar-refractivity contribution is 7.91. The van der Waals surface area contributed by atoms with Crippen LogP contribution in [0.2, 0.25) is 0 Å². The number of methoxy groups -OCH3 is 1. The smallest absolute Gasteiger partial charge is 0.151 e. The molecule has 0 saturated carbocycles. The van der Waals surface area contributed by atoms with E-state index in [0.717, 1.165) is 45.6 Å². The molecule has 2 heterocycles. The van der Waals surface area contributed by atoms with E-state index in [1.807, 2.05) is 0 Å². The number of piperidine rings is 1. The minimum atomic E-state index is -2.80. The summed E-state index contributed by atoms with van der Waals surface area (Å²) in [4.78, 5) is 2.42. The van der Waals surface area contributed by atoms with E-state index >= 15 is 0 Å². The maximum absolute atomic E-state index is 11.7. The first-order valence-corrected chi connectivity index (χ1v) is 9.57. The lowest BCUT2D eigenvalue weighted by Gasteiger charge is -2.33. The average Bonchev–Trinajstić information content (AvgIpc) is 2.79. The number of rotatable bonds is 7. The molecule has 2 aliphatic heterocycles. The number of nitrogens with one attached hydrogen (secondary N) is 1. The van der Waals surface area contributed by atoms with Gasteiger partial charge in [-0.25, -0.2) is 8.42 Å². The van der Waals surface area contributed by atoms with Crippen LogP contribution in [0.4, 0.5) is 0 Å². The molecule has 2 rings (SSSR count). The molecule has 0 radical (unpaired) electrons. The Morgan fingerprint density at radius 2 is 1.95 bits per heavy atom. The second-order valence-electron chi connectivity index (χ2n) is 6.09. The van der Waals surface area contributed by atoms with Crippen molar-refractivity contribution in [2.45, 2.75) is 31.7 Å². The molecule has 1 N–H and O–H groups in total. The van der Waals surface area contributed by atoms with Crippen LogP contribution in [0.15, 0.2) is 0 Å². The number of halogens is 1. The van der Waals surface area contributed by atoms with Crippen LogP contribution in [-0.2, 0) is 14.6 Å². The lowest BCUT2D eigenvalue weighted by molar-refractivity contribution is 0.133. The maximum atomic E-state index is 11.7. The number of hydrogen-bond donors (Lipinski definition) is 1. The molecule has 0 aromatic carbocycles. The van der Waals surface area contributed by atoms with Gasteiger partial charge in [0, 0.05) is 32.8 Å². The van der Waals surface area contributed by atoms with E-state index in [0.29, 0.717) is 17.4 Å². The lowest BCUT2D eigenvalue weighted by atomic mass is 9.96. The van der Waals surface area contributed by atoms with Crippen molar-refractivity contribution in [3.05, 3.63) is 0 Å². The fourth-order valence-electron chi connectivity index (χ4n) is 3.29. The standard InChI is InChI=1S/C14H28N2O3S.ClH/c1-19-9-2-8-16(11-13-3-6-15-7-4-13)14-5-10-20(17,18)12-14;/h13-15H,2-12H2,1H3;1H. The Labute approximate surface area is 135 Å². The van der Waals surface area contributed by atoms with Gasteiger partial charge in [-0.05, 0) is 44.7 Å². The van der Waals surface area contributed by atoms with E-state index in [1.165, 1.54) is 12.8 Å². The molecule has 7 heteroatoms. The molecule has 0 amide bonds. The van der Waals surface area contributed by atoms with Crippen molar-refractivity contribution in [2.24, 2.45) is 5.92 Å². The molecule has 126 valence electrons. The van der Waals surface area contributed by atoms with Gasteiger partial charge in [-0.3, -0.25) is 4.90 Å². The highest BCUT2D eigenvalue weighted by Gasteiger charge is 2.33. The second-order valence-corrected chi connectivity index (χ2v) is 8.32. The molecule has 0 bridgehead atoms. The molecular formula is C14H29ClN2O3S. The summed E-state index contributed by atoms with van der Waals surface area (Å²) in [6.45, 7) is 4.95. The zero-order chi connectivity index (χ0) is 14.4. The minimum Gasteiger partial charge on any atom is -0.385 e. The third-order valence-electron chi connectivity index (χ3n) is 4.47. The summed E-state index contributed by atoms with van der Waals surface area (Å²) in [5, 5.41) is 3.39. The third kappa shape index (κ3) is 6.40. The van der Waals surface area contributed by atoms with Gasteiger partial charge in [0.2, 0.25) is 0 Å². The largest absolute Gasteiger partial charge is 0.385 e. The zero-order valence-corrected chi connectivity index (χ0v) is 14.6. The summed E-state index contributed by atoms with van der Waals surface area (Å²) in [6, 6.07) is 0.228. The van der Waals surface area contributed by atoms with Crippen LogP contribution in [0.1, 0.15) is 25.7 Å². The molecule has 21 heavy (non-hydrogen) atoms. The van der Waals surface area contributed by atoms with Crippen LogP contribution in [0.3, 0.4) is 0 Å². The van der Waals surface area contributed by atoms with Crippen LogP contribution >= 0.6 is 12.4 Å². The van der Waals surface area contributed by atoms with E-state index in [2.05, 4.69) is 10.2 Å². The Kier molecular flexibility index (Phi) is 8.49. The van der Waals surface area contributed by atoms with Crippen molar-refractivity contribution >= 4 is 22.2 Å². The van der Waals surface area contributed by atoms with Crippen molar-refractivity contribution in [1.82, 2.24) is 10.2 Å². The SMILES string of the molecule is COCCCN(CC1CCNCC1)C1CCS(=O)(=O)C1.Cl. The summed E-state index contributed by atoms with van der Waals surface area (Å²) >= 11 is 0. The van der Waals surface area contributed by atoms with Gasteiger partial charge in [-0.15, -0.1) is 12.4 Å². The maximum Gasteiger partial charge on any atom is 0.151 e. The molecule has 0 aliphatic carbocycles. The molecule has 2 saturated heterocycles. The summed E-state index contributed by atoms with van der Waals surface area (Å²) in [6.07, 6.45) is 4.21. The van der Waals surface area contributed by atoms with Crippen molar-refractivity contribution in [3.8, 4) is 0 Å². The predicted molar refractivity (Wildman–Crippen MR) is 88.0 cm³/mol. The number of sulfone groups is 1. The van der Waals surface area contributed by atoms with Crippen molar-refractivity contribution in [1.29, 1.82) is 0 Å². The Balaban J connectivity index is 0.00000220. The Morgan fingerprint density at radius 3 is 2.52 bits per heavy atom. The summed E-state index contributed by atoms with van der Waals surface area (Å²) in [5.41, 5.74) is 0. The van der Waals surface area contributed by atoms with Crippen molar-refractivity contribution in [2.75, 3.05) is 51.4 Å². The molecule has 2 aliphatic rings. The summed E-state index contributed by atoms with van der Waals surface area (Å²) in [7, 11) is -1.08. The molecule has 5 nitrogen and oxygen atoms in total. The lowest BCUT2D eigenvalue weighted by Crippen LogP contribution is -2.43. The first kappa shape index (κ1) is 19.2. The molecule has 1 unspecified atom stereocenters. The van der Waals surface area contributed by atoms with Gasteiger partial charge in [0.05, 0.1) is 11.5 Å². The van der Waals surface area contributed by atoms with Gasteiger partial charge < -0.3 is 10.1 Å². The Morgan fingerprint density at radius 1 is 1.24 bits per heavy atom. The van der Waals surface area contributed by atoms with E-state index in [4.69, 9.17) is 4.74 Å². The van der Waals surface area contributed by atoms with E-state index in [-0.39, 0.29) is 18.4 Å². The average molecular weight is 341 g/mol. The number of nitrogens with zero attached hydrogens (tertiary/aromatic N) is 1. The van der Waals surface area contributed by atoms with Gasteiger partial charge in [-0.1, -0.05) is 0 Å². The molecule has 0 aromatic heterocycles. The Hall–Kier alpha value is 0.120. The van der Waals surface area contributed by atoms with Crippen molar-refractivity contribution in [3.63, 3.8) is 0 Å². The summed E-state index contributed by atoms with van der Waals surface area (Å²) in [5.74, 6) is 1.43. The van der Waals surface area contributed by atoms with Crippen LogP contribution in [-0.4, -0.2) is 70.8 Å².